The number of pyridine rings is 1. The maximum Gasteiger partial charge on any atom is 0.124 e. The molecule has 0 saturated carbocycles. The molecule has 3 aromatic heterocycles. The van der Waals surface area contributed by atoms with E-state index in [2.05, 4.69) is 21.6 Å². The van der Waals surface area contributed by atoms with E-state index >= 15 is 0 Å². The third-order valence-corrected chi connectivity index (χ3v) is 5.20. The molecule has 4 heterocycles. The smallest absolute Gasteiger partial charge is 0.124 e. The summed E-state index contributed by atoms with van der Waals surface area (Å²) in [7, 11) is 0. The van der Waals surface area contributed by atoms with Crippen LogP contribution in [-0.2, 0) is 11.2 Å². The third kappa shape index (κ3) is 2.88. The largest absolute Gasteiger partial charge is 0.378 e. The van der Waals surface area contributed by atoms with Gasteiger partial charge in [0.2, 0.25) is 0 Å². The van der Waals surface area contributed by atoms with Crippen molar-refractivity contribution < 1.29 is 13.7 Å². The Balaban J connectivity index is 1.76. The second kappa shape index (κ2) is 6.42. The van der Waals surface area contributed by atoms with Crippen LogP contribution >= 0.6 is 0 Å². The second-order valence-electron chi connectivity index (χ2n) is 7.08. The highest BCUT2D eigenvalue weighted by Crippen LogP contribution is 2.34. The van der Waals surface area contributed by atoms with E-state index in [0.29, 0.717) is 13.0 Å². The SMILES string of the molecule is C[C@@H]1C[C@H](n2c(Cc3ccon3)nc3cnc4ccc(F)cc4c32)CCO1. The molecule has 5 rings (SSSR count). The summed E-state index contributed by atoms with van der Waals surface area (Å²) in [6.45, 7) is 2.79. The van der Waals surface area contributed by atoms with Gasteiger partial charge in [-0.25, -0.2) is 9.37 Å². The normalized spacial score (nSPS) is 20.5. The first kappa shape index (κ1) is 16.4. The summed E-state index contributed by atoms with van der Waals surface area (Å²) in [4.78, 5) is 9.28. The molecule has 1 aromatic carbocycles. The van der Waals surface area contributed by atoms with Gasteiger partial charge in [-0.1, -0.05) is 5.16 Å². The van der Waals surface area contributed by atoms with Crippen molar-refractivity contribution in [3.05, 3.63) is 54.1 Å². The molecule has 2 atom stereocenters. The van der Waals surface area contributed by atoms with Crippen LogP contribution in [0.2, 0.25) is 0 Å². The van der Waals surface area contributed by atoms with Crippen molar-refractivity contribution in [2.24, 2.45) is 0 Å². The molecule has 1 saturated heterocycles. The summed E-state index contributed by atoms with van der Waals surface area (Å²) in [5.41, 5.74) is 3.27. The number of fused-ring (bicyclic) bond motifs is 3. The highest BCUT2D eigenvalue weighted by molar-refractivity contribution is 6.02. The number of nitrogens with zero attached hydrogens (tertiary/aromatic N) is 4. The van der Waals surface area contributed by atoms with E-state index in [1.807, 2.05) is 6.07 Å². The minimum absolute atomic E-state index is 0.172. The lowest BCUT2D eigenvalue weighted by molar-refractivity contribution is 0.00630. The average Bonchev–Trinajstić information content (AvgIpc) is 3.29. The minimum atomic E-state index is -0.275. The molecular weight excluding hydrogens is 347 g/mol. The molecule has 27 heavy (non-hydrogen) atoms. The van der Waals surface area contributed by atoms with Crippen molar-refractivity contribution in [2.75, 3.05) is 6.61 Å². The Bertz CT molecular complexity index is 1110. The first-order valence-corrected chi connectivity index (χ1v) is 9.15. The molecule has 138 valence electrons. The molecule has 0 N–H and O–H groups in total. The van der Waals surface area contributed by atoms with E-state index < -0.39 is 0 Å². The van der Waals surface area contributed by atoms with Gasteiger partial charge in [0.1, 0.15) is 23.4 Å². The van der Waals surface area contributed by atoms with Crippen LogP contribution in [0.15, 0.2) is 41.2 Å². The number of hydrogen-bond donors (Lipinski definition) is 0. The van der Waals surface area contributed by atoms with Crippen LogP contribution in [0.25, 0.3) is 21.9 Å². The van der Waals surface area contributed by atoms with Crippen LogP contribution in [0.4, 0.5) is 4.39 Å². The van der Waals surface area contributed by atoms with Crippen molar-refractivity contribution in [1.82, 2.24) is 19.7 Å². The van der Waals surface area contributed by atoms with Crippen LogP contribution in [0, 0.1) is 5.82 Å². The van der Waals surface area contributed by atoms with E-state index in [0.717, 1.165) is 46.3 Å². The summed E-state index contributed by atoms with van der Waals surface area (Å²) in [5.74, 6) is 0.611. The van der Waals surface area contributed by atoms with Gasteiger partial charge < -0.3 is 13.8 Å². The zero-order valence-electron chi connectivity index (χ0n) is 14.9. The Hall–Kier alpha value is -2.80. The quantitative estimate of drug-likeness (QED) is 0.547. The Labute approximate surface area is 155 Å². The maximum absolute atomic E-state index is 14.0. The molecule has 0 unspecified atom stereocenters. The molecule has 7 heteroatoms. The number of halogens is 1. The van der Waals surface area contributed by atoms with E-state index in [9.17, 15) is 4.39 Å². The summed E-state index contributed by atoms with van der Waals surface area (Å²) < 4.78 is 27.0. The first-order valence-electron chi connectivity index (χ1n) is 9.15. The molecule has 0 spiro atoms. The average molecular weight is 366 g/mol. The second-order valence-corrected chi connectivity index (χ2v) is 7.08. The van der Waals surface area contributed by atoms with Crippen LogP contribution < -0.4 is 0 Å². The lowest BCUT2D eigenvalue weighted by Crippen LogP contribution is -2.26. The Morgan fingerprint density at radius 1 is 1.26 bits per heavy atom. The topological polar surface area (TPSA) is 66.0 Å². The monoisotopic (exact) mass is 366 g/mol. The highest BCUT2D eigenvalue weighted by Gasteiger charge is 2.26. The van der Waals surface area contributed by atoms with Gasteiger partial charge >= 0.3 is 0 Å². The minimum Gasteiger partial charge on any atom is -0.378 e. The Morgan fingerprint density at radius 3 is 3.00 bits per heavy atom. The van der Waals surface area contributed by atoms with E-state index in [4.69, 9.17) is 14.2 Å². The van der Waals surface area contributed by atoms with Gasteiger partial charge in [-0.05, 0) is 38.0 Å². The van der Waals surface area contributed by atoms with Crippen LogP contribution in [0.5, 0.6) is 0 Å². The molecule has 0 bridgehead atoms. The van der Waals surface area contributed by atoms with Gasteiger partial charge in [-0.15, -0.1) is 0 Å². The number of aromatic nitrogens is 4. The van der Waals surface area contributed by atoms with Crippen molar-refractivity contribution in [2.45, 2.75) is 38.3 Å². The zero-order valence-corrected chi connectivity index (χ0v) is 14.9. The summed E-state index contributed by atoms with van der Waals surface area (Å²) in [6, 6.07) is 6.77. The zero-order chi connectivity index (χ0) is 18.4. The third-order valence-electron chi connectivity index (χ3n) is 5.20. The van der Waals surface area contributed by atoms with Gasteiger partial charge in [0.25, 0.3) is 0 Å². The fraction of sp³-hybridized carbons (Fsp3) is 0.350. The van der Waals surface area contributed by atoms with Gasteiger partial charge in [0.15, 0.2) is 0 Å². The summed E-state index contributed by atoms with van der Waals surface area (Å²) in [6.07, 6.45) is 5.82. The molecule has 1 aliphatic heterocycles. The lowest BCUT2D eigenvalue weighted by Gasteiger charge is -2.30. The predicted octanol–water partition coefficient (Wildman–Crippen LogP) is 4.04. The van der Waals surface area contributed by atoms with Crippen molar-refractivity contribution in [3.8, 4) is 0 Å². The van der Waals surface area contributed by atoms with Gasteiger partial charge in [0.05, 0.1) is 35.4 Å². The summed E-state index contributed by atoms with van der Waals surface area (Å²) >= 11 is 0. The molecule has 6 nitrogen and oxygen atoms in total. The number of benzene rings is 1. The predicted molar refractivity (Wildman–Crippen MR) is 98.0 cm³/mol. The highest BCUT2D eigenvalue weighted by atomic mass is 19.1. The fourth-order valence-corrected chi connectivity index (χ4v) is 4.01. The maximum atomic E-state index is 14.0. The van der Waals surface area contributed by atoms with Crippen LogP contribution in [-0.4, -0.2) is 32.4 Å². The van der Waals surface area contributed by atoms with E-state index in [-0.39, 0.29) is 18.0 Å². The van der Waals surface area contributed by atoms with Crippen molar-refractivity contribution >= 4 is 21.9 Å². The van der Waals surface area contributed by atoms with Gasteiger partial charge in [-0.2, -0.15) is 0 Å². The van der Waals surface area contributed by atoms with Gasteiger partial charge in [0, 0.05) is 24.1 Å². The number of imidazole rings is 1. The first-order chi connectivity index (χ1) is 13.2. The molecular formula is C20H19FN4O2. The Kier molecular flexibility index (Phi) is 3.89. The van der Waals surface area contributed by atoms with Crippen LogP contribution in [0.1, 0.15) is 37.3 Å². The number of ether oxygens (including phenoxy) is 1. The lowest BCUT2D eigenvalue weighted by atomic mass is 10.0. The molecule has 0 radical (unpaired) electrons. The fourth-order valence-electron chi connectivity index (χ4n) is 4.01. The molecule has 4 aromatic rings. The van der Waals surface area contributed by atoms with E-state index in [1.54, 1.807) is 24.6 Å². The molecule has 1 aliphatic rings. The molecule has 1 fully saturated rings. The summed E-state index contributed by atoms with van der Waals surface area (Å²) in [5, 5.41) is 4.81. The van der Waals surface area contributed by atoms with Gasteiger partial charge in [-0.3, -0.25) is 4.98 Å². The Morgan fingerprint density at radius 2 is 2.19 bits per heavy atom. The van der Waals surface area contributed by atoms with Crippen LogP contribution in [0.3, 0.4) is 0 Å². The van der Waals surface area contributed by atoms with Crippen molar-refractivity contribution in [3.63, 3.8) is 0 Å². The standard InChI is InChI=1S/C20H19FN4O2/c1-12-8-15(5-6-26-12)25-19(10-14-4-7-27-24-14)23-18-11-22-17-3-2-13(21)9-16(17)20(18)25/h2-4,7,9,11-12,15H,5-6,8,10H2,1H3/t12-,15-/m1/s1. The number of rotatable bonds is 3. The van der Waals surface area contributed by atoms with Crippen molar-refractivity contribution in [1.29, 1.82) is 0 Å². The number of hydrogen-bond acceptors (Lipinski definition) is 5. The molecule has 0 amide bonds. The van der Waals surface area contributed by atoms with E-state index in [1.165, 1.54) is 6.07 Å². The molecule has 0 aliphatic carbocycles.